The highest BCUT2D eigenvalue weighted by Crippen LogP contribution is 2.46. The summed E-state index contributed by atoms with van der Waals surface area (Å²) in [6, 6.07) is 55.4. The smallest absolute Gasteiger partial charge is 0.0568 e. The van der Waals surface area contributed by atoms with Crippen LogP contribution in [0.4, 0.5) is 0 Å². The number of rotatable bonds is 4. The van der Waals surface area contributed by atoms with E-state index >= 15 is 0 Å². The van der Waals surface area contributed by atoms with E-state index in [0.29, 0.717) is 0 Å². The summed E-state index contributed by atoms with van der Waals surface area (Å²) in [5, 5.41) is 6.37. The Morgan fingerprint density at radius 3 is 1.37 bits per heavy atom. The zero-order valence-electron chi connectivity index (χ0n) is 24.4. The predicted octanol–water partition coefficient (Wildman–Crippen LogP) is 11.5. The quantitative estimate of drug-likeness (QED) is 0.192. The molecule has 8 aromatic rings. The Kier molecular flexibility index (Phi) is 5.98. The molecule has 0 unspecified atom stereocenters. The molecule has 204 valence electrons. The minimum absolute atomic E-state index is 1.22. The summed E-state index contributed by atoms with van der Waals surface area (Å²) >= 11 is 0. The van der Waals surface area contributed by atoms with E-state index in [0.717, 1.165) is 0 Å². The molecule has 0 saturated carbocycles. The van der Waals surface area contributed by atoms with Gasteiger partial charge >= 0.3 is 0 Å². The first-order chi connectivity index (χ1) is 21.2. The van der Waals surface area contributed by atoms with Gasteiger partial charge in [0.2, 0.25) is 0 Å². The minimum Gasteiger partial charge on any atom is -0.343 e. The fourth-order valence-electron chi connectivity index (χ4n) is 6.89. The minimum atomic E-state index is 1.22. The molecular weight excluding hydrogens is 518 g/mol. The normalized spacial score (nSPS) is 11.5. The fourth-order valence-corrected chi connectivity index (χ4v) is 6.89. The highest BCUT2D eigenvalue weighted by atomic mass is 15.0. The van der Waals surface area contributed by atoms with Crippen LogP contribution in [0.25, 0.3) is 77.1 Å². The first-order valence-electron chi connectivity index (χ1n) is 14.9. The maximum absolute atomic E-state index is 2.40. The number of hydrogen-bond donors (Lipinski definition) is 0. The van der Waals surface area contributed by atoms with E-state index in [1.54, 1.807) is 0 Å². The molecule has 0 atom stereocenters. The van der Waals surface area contributed by atoms with Crippen LogP contribution in [0.5, 0.6) is 0 Å². The second-order valence-electron chi connectivity index (χ2n) is 11.5. The van der Waals surface area contributed by atoms with E-state index in [4.69, 9.17) is 0 Å². The van der Waals surface area contributed by atoms with Crippen molar-refractivity contribution in [1.82, 2.24) is 4.57 Å². The highest BCUT2D eigenvalue weighted by Gasteiger charge is 2.21. The van der Waals surface area contributed by atoms with Crippen LogP contribution in [0.15, 0.2) is 152 Å². The van der Waals surface area contributed by atoms with Crippen LogP contribution in [-0.2, 0) is 7.05 Å². The highest BCUT2D eigenvalue weighted by molar-refractivity contribution is 6.22. The van der Waals surface area contributed by atoms with Crippen LogP contribution >= 0.6 is 0 Å². The summed E-state index contributed by atoms with van der Waals surface area (Å²) in [4.78, 5) is 0. The molecule has 0 fully saturated rings. The van der Waals surface area contributed by atoms with Gasteiger partial charge in [0.25, 0.3) is 0 Å². The second-order valence-corrected chi connectivity index (χ2v) is 11.5. The zero-order valence-corrected chi connectivity index (χ0v) is 24.4. The summed E-state index contributed by atoms with van der Waals surface area (Å²) in [5.41, 5.74) is 12.5. The van der Waals surface area contributed by atoms with Gasteiger partial charge in [0.05, 0.1) is 5.69 Å². The third-order valence-electron chi connectivity index (χ3n) is 8.87. The lowest BCUT2D eigenvalue weighted by molar-refractivity contribution is 0.979. The van der Waals surface area contributed by atoms with Crippen LogP contribution in [0.2, 0.25) is 0 Å². The van der Waals surface area contributed by atoms with Crippen molar-refractivity contribution in [3.8, 4) is 44.6 Å². The van der Waals surface area contributed by atoms with E-state index in [2.05, 4.69) is 170 Å². The maximum atomic E-state index is 2.40. The molecule has 0 aliphatic rings. The van der Waals surface area contributed by atoms with Gasteiger partial charge < -0.3 is 4.57 Å². The SMILES string of the molecule is Cc1ccc(-c2c(-c3ccccc3)n(C)c3cc(-c4c5ccccc5c(-c5ccccc5)c5ccccc45)ccc23)cc1. The van der Waals surface area contributed by atoms with Crippen molar-refractivity contribution in [1.29, 1.82) is 0 Å². The van der Waals surface area contributed by atoms with Gasteiger partial charge in [-0.3, -0.25) is 0 Å². The van der Waals surface area contributed by atoms with Crippen LogP contribution < -0.4 is 0 Å². The van der Waals surface area contributed by atoms with Crippen molar-refractivity contribution in [2.45, 2.75) is 6.92 Å². The number of aryl methyl sites for hydroxylation is 2. The number of aromatic nitrogens is 1. The average molecular weight is 550 g/mol. The summed E-state index contributed by atoms with van der Waals surface area (Å²) in [5.74, 6) is 0. The molecule has 0 saturated heterocycles. The van der Waals surface area contributed by atoms with Crippen LogP contribution in [0, 0.1) is 6.92 Å². The van der Waals surface area contributed by atoms with E-state index in [1.165, 1.54) is 82.6 Å². The molecule has 0 N–H and O–H groups in total. The number of nitrogens with zero attached hydrogens (tertiary/aromatic N) is 1. The summed E-state index contributed by atoms with van der Waals surface area (Å²) < 4.78 is 2.38. The van der Waals surface area contributed by atoms with Crippen molar-refractivity contribution in [3.05, 3.63) is 157 Å². The number of hydrogen-bond acceptors (Lipinski definition) is 0. The topological polar surface area (TPSA) is 4.93 Å². The van der Waals surface area contributed by atoms with Gasteiger partial charge in [0, 0.05) is 23.5 Å². The van der Waals surface area contributed by atoms with E-state index in [-0.39, 0.29) is 0 Å². The van der Waals surface area contributed by atoms with Crippen molar-refractivity contribution in [2.75, 3.05) is 0 Å². The third-order valence-corrected chi connectivity index (χ3v) is 8.87. The van der Waals surface area contributed by atoms with Crippen molar-refractivity contribution in [3.63, 3.8) is 0 Å². The Morgan fingerprint density at radius 1 is 0.372 bits per heavy atom. The van der Waals surface area contributed by atoms with Gasteiger partial charge in [0.15, 0.2) is 0 Å². The van der Waals surface area contributed by atoms with Crippen LogP contribution in [0.3, 0.4) is 0 Å². The molecule has 1 nitrogen and oxygen atoms in total. The van der Waals surface area contributed by atoms with E-state index in [9.17, 15) is 0 Å². The Balaban J connectivity index is 1.45. The van der Waals surface area contributed by atoms with Crippen LogP contribution in [0.1, 0.15) is 5.56 Å². The average Bonchev–Trinajstić information content (AvgIpc) is 3.36. The van der Waals surface area contributed by atoms with Crippen molar-refractivity contribution >= 4 is 32.4 Å². The molecule has 7 aromatic carbocycles. The molecule has 0 aliphatic heterocycles. The summed E-state index contributed by atoms with van der Waals surface area (Å²) in [6.07, 6.45) is 0. The summed E-state index contributed by atoms with van der Waals surface area (Å²) in [6.45, 7) is 2.15. The van der Waals surface area contributed by atoms with E-state index in [1.807, 2.05) is 0 Å². The maximum Gasteiger partial charge on any atom is 0.0568 e. The molecule has 1 aromatic heterocycles. The lowest BCUT2D eigenvalue weighted by Gasteiger charge is -2.18. The third kappa shape index (κ3) is 4.08. The predicted molar refractivity (Wildman–Crippen MR) is 184 cm³/mol. The second kappa shape index (κ2) is 10.2. The Hall–Kier alpha value is -5.40. The molecule has 8 rings (SSSR count). The fraction of sp³-hybridized carbons (Fsp3) is 0.0476. The first kappa shape index (κ1) is 25.3. The molecule has 0 radical (unpaired) electrons. The first-order valence-corrected chi connectivity index (χ1v) is 14.9. The van der Waals surface area contributed by atoms with Crippen molar-refractivity contribution in [2.24, 2.45) is 7.05 Å². The molecule has 43 heavy (non-hydrogen) atoms. The van der Waals surface area contributed by atoms with E-state index < -0.39 is 0 Å². The Morgan fingerprint density at radius 2 is 0.814 bits per heavy atom. The lowest BCUT2D eigenvalue weighted by atomic mass is 9.86. The van der Waals surface area contributed by atoms with Gasteiger partial charge in [-0.15, -0.1) is 0 Å². The molecule has 1 heteroatoms. The van der Waals surface area contributed by atoms with Gasteiger partial charge in [-0.25, -0.2) is 0 Å². The standard InChI is InChI=1S/C42H31N/c1-28-21-23-30(24-22-28)41-37-26-25-32(27-38(37)43(2)42(41)31-15-7-4-8-16-31)40-35-19-11-9-17-33(35)39(29-13-5-3-6-14-29)34-18-10-12-20-36(34)40/h3-27H,1-2H3. The largest absolute Gasteiger partial charge is 0.343 e. The lowest BCUT2D eigenvalue weighted by Crippen LogP contribution is -1.93. The summed E-state index contributed by atoms with van der Waals surface area (Å²) in [7, 11) is 2.21. The van der Waals surface area contributed by atoms with Gasteiger partial charge in [-0.1, -0.05) is 151 Å². The van der Waals surface area contributed by atoms with Crippen molar-refractivity contribution < 1.29 is 0 Å². The number of fused-ring (bicyclic) bond motifs is 3. The monoisotopic (exact) mass is 549 g/mol. The Bertz CT molecular complexity index is 2210. The Labute approximate surface area is 252 Å². The molecular formula is C42H31N. The van der Waals surface area contributed by atoms with Crippen LogP contribution in [-0.4, -0.2) is 4.57 Å². The molecule has 0 bridgehead atoms. The molecule has 0 aliphatic carbocycles. The number of benzene rings is 7. The molecule has 1 heterocycles. The van der Waals surface area contributed by atoms with Gasteiger partial charge in [0.1, 0.15) is 0 Å². The van der Waals surface area contributed by atoms with Gasteiger partial charge in [-0.2, -0.15) is 0 Å². The molecule has 0 spiro atoms. The molecule has 0 amide bonds. The zero-order chi connectivity index (χ0) is 28.9. The van der Waals surface area contributed by atoms with Gasteiger partial charge in [-0.05, 0) is 67.9 Å².